The number of hydrogen-bond acceptors (Lipinski definition) is 2. The number of rotatable bonds is 1. The van der Waals surface area contributed by atoms with E-state index in [-0.39, 0.29) is 25.2 Å². The van der Waals surface area contributed by atoms with Crippen molar-refractivity contribution in [3.8, 4) is 0 Å². The number of aromatic nitrogens is 1. The zero-order chi connectivity index (χ0) is 5.82. The molecule has 1 aromatic heterocycles. The van der Waals surface area contributed by atoms with Crippen molar-refractivity contribution in [1.29, 1.82) is 0 Å². The number of aliphatic hydroxyl groups is 1. The van der Waals surface area contributed by atoms with E-state index in [1.807, 2.05) is 12.1 Å². The van der Waals surface area contributed by atoms with Gasteiger partial charge >= 0.3 is 0 Å². The Kier molecular flexibility index (Phi) is 4.41. The smallest absolute Gasteiger partial charge is 0.0852 e. The summed E-state index contributed by atoms with van der Waals surface area (Å²) in [6.45, 7) is 0.0286. The van der Waals surface area contributed by atoms with Crippen LogP contribution in [0.15, 0.2) is 24.4 Å². The first-order valence-corrected chi connectivity index (χ1v) is 2.44. The fourth-order valence-electron chi connectivity index (χ4n) is 0.492. The van der Waals surface area contributed by atoms with Crippen molar-refractivity contribution in [2.75, 3.05) is 0 Å². The van der Waals surface area contributed by atoms with Crippen molar-refractivity contribution in [2.45, 2.75) is 6.61 Å². The Morgan fingerprint density at radius 1 is 1.44 bits per heavy atom. The van der Waals surface area contributed by atoms with E-state index in [0.29, 0.717) is 5.69 Å². The van der Waals surface area contributed by atoms with E-state index < -0.39 is 0 Å². The molecule has 0 aliphatic carbocycles. The van der Waals surface area contributed by atoms with Gasteiger partial charge in [0, 0.05) is 24.8 Å². The van der Waals surface area contributed by atoms with Gasteiger partial charge in [0.25, 0.3) is 0 Å². The molecule has 2 nitrogen and oxygen atoms in total. The first-order valence-electron chi connectivity index (χ1n) is 2.44. The van der Waals surface area contributed by atoms with Gasteiger partial charge in [-0.15, -0.1) is 0 Å². The van der Waals surface area contributed by atoms with Crippen LogP contribution >= 0.6 is 0 Å². The molecule has 1 rings (SSSR count). The molecule has 3 heteroatoms. The Bertz CT molecular complexity index is 154. The van der Waals surface area contributed by atoms with Gasteiger partial charge < -0.3 is 5.11 Å². The summed E-state index contributed by atoms with van der Waals surface area (Å²) < 4.78 is 0. The monoisotopic (exact) mass is 160 g/mol. The van der Waals surface area contributed by atoms with E-state index in [0.717, 1.165) is 0 Å². The number of aliphatic hydroxyl groups excluding tert-OH is 1. The summed E-state index contributed by atoms with van der Waals surface area (Å²) in [4.78, 5) is 3.85. The van der Waals surface area contributed by atoms with Gasteiger partial charge in [-0.2, -0.15) is 0 Å². The molecule has 0 aliphatic heterocycles. The van der Waals surface area contributed by atoms with E-state index in [1.165, 1.54) is 0 Å². The van der Waals surface area contributed by atoms with Crippen LogP contribution in [0.3, 0.4) is 0 Å². The minimum absolute atomic E-state index is 0. The summed E-state index contributed by atoms with van der Waals surface area (Å²) >= 11 is 0. The van der Waals surface area contributed by atoms with Crippen molar-refractivity contribution in [1.82, 2.24) is 4.98 Å². The van der Waals surface area contributed by atoms with Gasteiger partial charge in [-0.25, -0.2) is 0 Å². The first-order chi connectivity index (χ1) is 3.93. The third-order valence-corrected chi connectivity index (χ3v) is 0.888. The predicted molar refractivity (Wildman–Crippen MR) is 30.2 cm³/mol. The summed E-state index contributed by atoms with van der Waals surface area (Å²) in [5.41, 5.74) is 0.715. The molecule has 0 saturated carbocycles. The molecule has 0 saturated heterocycles. The second-order valence-electron chi connectivity index (χ2n) is 1.48. The number of nitrogens with zero attached hydrogens (tertiary/aromatic N) is 1. The zero-order valence-electron chi connectivity index (χ0n) is 4.86. The van der Waals surface area contributed by atoms with Gasteiger partial charge in [0.2, 0.25) is 0 Å². The topological polar surface area (TPSA) is 33.1 Å². The van der Waals surface area contributed by atoms with Crippen molar-refractivity contribution in [3.05, 3.63) is 30.1 Å². The molecule has 0 aliphatic rings. The van der Waals surface area contributed by atoms with Gasteiger partial charge in [-0.3, -0.25) is 4.98 Å². The van der Waals surface area contributed by atoms with E-state index in [2.05, 4.69) is 4.98 Å². The molecule has 0 amide bonds. The second kappa shape index (κ2) is 4.56. The molecule has 9 heavy (non-hydrogen) atoms. The van der Waals surface area contributed by atoms with Crippen LogP contribution in [0.1, 0.15) is 5.69 Å². The van der Waals surface area contributed by atoms with Crippen LogP contribution in [0.2, 0.25) is 0 Å². The molecule has 0 fully saturated rings. The van der Waals surface area contributed by atoms with Crippen LogP contribution < -0.4 is 0 Å². The fraction of sp³-hybridized carbons (Fsp3) is 0.167. The molecule has 1 aromatic rings. The summed E-state index contributed by atoms with van der Waals surface area (Å²) in [5.74, 6) is 0. The third-order valence-electron chi connectivity index (χ3n) is 0.888. The zero-order valence-corrected chi connectivity index (χ0v) is 6.25. The van der Waals surface area contributed by atoms with Crippen molar-refractivity contribution in [2.24, 2.45) is 0 Å². The maximum Gasteiger partial charge on any atom is 0.0852 e. The van der Waals surface area contributed by atoms with E-state index >= 15 is 0 Å². The van der Waals surface area contributed by atoms with Crippen LogP contribution in [0.4, 0.5) is 0 Å². The summed E-state index contributed by atoms with van der Waals surface area (Å²) in [6.07, 6.45) is 1.66. The molecular formula is C6H7NOV. The maximum absolute atomic E-state index is 8.48. The van der Waals surface area contributed by atoms with Crippen molar-refractivity contribution >= 4 is 0 Å². The minimum Gasteiger partial charge on any atom is -0.390 e. The molecule has 1 heterocycles. The SMILES string of the molecule is OCc1ccccn1.[V]. The largest absolute Gasteiger partial charge is 0.390 e. The Morgan fingerprint density at radius 2 is 2.22 bits per heavy atom. The van der Waals surface area contributed by atoms with E-state index in [1.54, 1.807) is 12.3 Å². The van der Waals surface area contributed by atoms with Gasteiger partial charge in [0.1, 0.15) is 0 Å². The van der Waals surface area contributed by atoms with Gasteiger partial charge in [-0.05, 0) is 12.1 Å². The molecule has 0 atom stereocenters. The fourth-order valence-corrected chi connectivity index (χ4v) is 0.492. The van der Waals surface area contributed by atoms with Crippen molar-refractivity contribution in [3.63, 3.8) is 0 Å². The van der Waals surface area contributed by atoms with Crippen LogP contribution in [-0.2, 0) is 25.2 Å². The van der Waals surface area contributed by atoms with Crippen molar-refractivity contribution < 1.29 is 23.7 Å². The van der Waals surface area contributed by atoms with E-state index in [9.17, 15) is 0 Å². The number of hydrogen-bond donors (Lipinski definition) is 1. The van der Waals surface area contributed by atoms with Crippen LogP contribution in [0, 0.1) is 0 Å². The molecular weight excluding hydrogens is 153 g/mol. The molecule has 0 spiro atoms. The third kappa shape index (κ3) is 2.65. The first kappa shape index (κ1) is 8.69. The standard InChI is InChI=1S/C6H7NO.V/c8-5-6-3-1-2-4-7-6;/h1-4,8H,5H2;. The normalized spacial score (nSPS) is 8.11. The molecule has 1 N–H and O–H groups in total. The van der Waals surface area contributed by atoms with Crippen LogP contribution in [0.5, 0.6) is 0 Å². The predicted octanol–water partition coefficient (Wildman–Crippen LogP) is 0.571. The quantitative estimate of drug-likeness (QED) is 0.651. The van der Waals surface area contributed by atoms with Gasteiger partial charge in [-0.1, -0.05) is 6.07 Å². The molecule has 0 bridgehead atoms. The summed E-state index contributed by atoms with van der Waals surface area (Å²) in [5, 5.41) is 8.48. The summed E-state index contributed by atoms with van der Waals surface area (Å²) in [7, 11) is 0. The van der Waals surface area contributed by atoms with Gasteiger partial charge in [0.05, 0.1) is 12.3 Å². The van der Waals surface area contributed by atoms with E-state index in [4.69, 9.17) is 5.11 Å². The second-order valence-corrected chi connectivity index (χ2v) is 1.48. The Hall–Kier alpha value is -0.306. The molecule has 47 valence electrons. The average molecular weight is 160 g/mol. The molecule has 1 radical (unpaired) electrons. The maximum atomic E-state index is 8.48. The Labute approximate surface area is 65.8 Å². The van der Waals surface area contributed by atoms with Crippen LogP contribution in [-0.4, -0.2) is 10.1 Å². The molecule has 0 aromatic carbocycles. The number of pyridine rings is 1. The summed E-state index contributed by atoms with van der Waals surface area (Å²) in [6, 6.07) is 5.44. The Morgan fingerprint density at radius 3 is 2.56 bits per heavy atom. The Balaban J connectivity index is 0.000000640. The molecule has 0 unspecified atom stereocenters. The minimum atomic E-state index is 0. The van der Waals surface area contributed by atoms with Crippen LogP contribution in [0.25, 0.3) is 0 Å². The average Bonchev–Trinajstić information content (AvgIpc) is 1.90. The van der Waals surface area contributed by atoms with Gasteiger partial charge in [0.15, 0.2) is 0 Å².